The standard InChI is InChI=1S/C23H22ClNO3S/c1-2-3-7-18-10-16-21(17-11-18)25(23(26)19-12-14-20(24)15-13-19)29(27,28)22-8-5-4-6-9-22/h4-6,8-17H,2-3,7H2,1H3. The van der Waals surface area contributed by atoms with Crippen LogP contribution in [0.15, 0.2) is 83.8 Å². The number of sulfonamides is 1. The molecule has 0 fully saturated rings. The minimum Gasteiger partial charge on any atom is -0.268 e. The van der Waals surface area contributed by atoms with Gasteiger partial charge in [0.1, 0.15) is 0 Å². The maximum Gasteiger partial charge on any atom is 0.272 e. The lowest BCUT2D eigenvalue weighted by molar-refractivity contribution is 0.101. The van der Waals surface area contributed by atoms with Gasteiger partial charge >= 0.3 is 0 Å². The van der Waals surface area contributed by atoms with Gasteiger partial charge in [-0.2, -0.15) is 4.31 Å². The maximum absolute atomic E-state index is 13.4. The van der Waals surface area contributed by atoms with E-state index in [2.05, 4.69) is 6.92 Å². The first kappa shape index (κ1) is 21.1. The van der Waals surface area contributed by atoms with Gasteiger partial charge in [-0.05, 0) is 66.9 Å². The van der Waals surface area contributed by atoms with E-state index in [1.807, 2.05) is 12.1 Å². The Kier molecular flexibility index (Phi) is 6.72. The Morgan fingerprint density at radius 1 is 0.897 bits per heavy atom. The van der Waals surface area contributed by atoms with Crippen LogP contribution in [-0.4, -0.2) is 14.3 Å². The largest absolute Gasteiger partial charge is 0.272 e. The van der Waals surface area contributed by atoms with E-state index in [1.54, 1.807) is 42.5 Å². The van der Waals surface area contributed by atoms with E-state index < -0.39 is 15.9 Å². The zero-order chi connectivity index (χ0) is 20.9. The summed E-state index contributed by atoms with van der Waals surface area (Å²) < 4.78 is 27.6. The summed E-state index contributed by atoms with van der Waals surface area (Å²) in [7, 11) is -4.09. The molecular formula is C23H22ClNO3S. The Hall–Kier alpha value is -2.63. The van der Waals surface area contributed by atoms with Crippen molar-refractivity contribution in [1.29, 1.82) is 0 Å². The number of unbranched alkanes of at least 4 members (excludes halogenated alkanes) is 1. The van der Waals surface area contributed by atoms with E-state index in [-0.39, 0.29) is 10.5 Å². The maximum atomic E-state index is 13.4. The van der Waals surface area contributed by atoms with Crippen molar-refractivity contribution in [3.05, 3.63) is 95.0 Å². The van der Waals surface area contributed by atoms with Crippen LogP contribution < -0.4 is 4.31 Å². The second-order valence-electron chi connectivity index (χ2n) is 6.66. The third kappa shape index (κ3) is 4.86. The molecule has 4 nitrogen and oxygen atoms in total. The topological polar surface area (TPSA) is 54.5 Å². The third-order valence-electron chi connectivity index (χ3n) is 4.55. The molecule has 3 aromatic carbocycles. The van der Waals surface area contributed by atoms with Crippen LogP contribution in [0.2, 0.25) is 5.02 Å². The lowest BCUT2D eigenvalue weighted by Gasteiger charge is -2.23. The van der Waals surface area contributed by atoms with Crippen molar-refractivity contribution in [3.8, 4) is 0 Å². The minimum absolute atomic E-state index is 0.0531. The molecule has 3 rings (SSSR count). The molecule has 0 saturated carbocycles. The molecule has 6 heteroatoms. The Balaban J connectivity index is 2.06. The molecule has 0 N–H and O–H groups in total. The van der Waals surface area contributed by atoms with Crippen LogP contribution in [0.3, 0.4) is 0 Å². The predicted octanol–water partition coefficient (Wildman–Crippen LogP) is 5.72. The van der Waals surface area contributed by atoms with Gasteiger partial charge in [0, 0.05) is 10.6 Å². The van der Waals surface area contributed by atoms with Crippen molar-refractivity contribution in [2.75, 3.05) is 4.31 Å². The lowest BCUT2D eigenvalue weighted by Crippen LogP contribution is -2.37. The summed E-state index contributed by atoms with van der Waals surface area (Å²) in [6.45, 7) is 2.12. The quantitative estimate of drug-likeness (QED) is 0.484. The van der Waals surface area contributed by atoms with E-state index in [0.29, 0.717) is 10.7 Å². The average molecular weight is 428 g/mol. The zero-order valence-electron chi connectivity index (χ0n) is 16.1. The van der Waals surface area contributed by atoms with Crippen LogP contribution in [0, 0.1) is 0 Å². The highest BCUT2D eigenvalue weighted by Gasteiger charge is 2.31. The van der Waals surface area contributed by atoms with Gasteiger partial charge in [0.25, 0.3) is 15.9 Å². The summed E-state index contributed by atoms with van der Waals surface area (Å²) >= 11 is 5.91. The number of rotatable bonds is 7. The molecule has 3 aromatic rings. The van der Waals surface area contributed by atoms with E-state index in [9.17, 15) is 13.2 Å². The summed E-state index contributed by atoms with van der Waals surface area (Å²) in [6, 6.07) is 21.2. The van der Waals surface area contributed by atoms with Gasteiger partial charge in [0.05, 0.1) is 10.6 Å². The zero-order valence-corrected chi connectivity index (χ0v) is 17.7. The van der Waals surface area contributed by atoms with Gasteiger partial charge in [-0.3, -0.25) is 4.79 Å². The molecule has 0 atom stereocenters. The first-order valence-corrected chi connectivity index (χ1v) is 11.2. The van der Waals surface area contributed by atoms with Crippen molar-refractivity contribution in [2.24, 2.45) is 0 Å². The summed E-state index contributed by atoms with van der Waals surface area (Å²) in [5.74, 6) is -0.633. The second kappa shape index (κ2) is 9.25. The molecule has 0 spiro atoms. The normalized spacial score (nSPS) is 11.2. The third-order valence-corrected chi connectivity index (χ3v) is 6.52. The highest BCUT2D eigenvalue weighted by Crippen LogP contribution is 2.27. The van der Waals surface area contributed by atoms with Crippen LogP contribution in [0.1, 0.15) is 35.7 Å². The molecule has 0 aliphatic heterocycles. The first-order valence-electron chi connectivity index (χ1n) is 9.42. The summed E-state index contributed by atoms with van der Waals surface area (Å²) in [4.78, 5) is 13.3. The number of hydrogen-bond donors (Lipinski definition) is 0. The number of amides is 1. The Bertz CT molecular complexity index is 1060. The molecule has 150 valence electrons. The molecule has 0 saturated heterocycles. The van der Waals surface area contributed by atoms with Gasteiger partial charge in [-0.1, -0.05) is 55.3 Å². The number of hydrogen-bond acceptors (Lipinski definition) is 3. The van der Waals surface area contributed by atoms with Crippen LogP contribution in [0.4, 0.5) is 5.69 Å². The number of benzene rings is 3. The van der Waals surface area contributed by atoms with E-state index >= 15 is 0 Å². The van der Waals surface area contributed by atoms with E-state index in [4.69, 9.17) is 11.6 Å². The van der Waals surface area contributed by atoms with Crippen LogP contribution in [0.25, 0.3) is 0 Å². The Morgan fingerprint density at radius 2 is 1.52 bits per heavy atom. The SMILES string of the molecule is CCCCc1ccc(N(C(=O)c2ccc(Cl)cc2)S(=O)(=O)c2ccccc2)cc1. The number of carbonyl (C=O) groups is 1. The molecule has 0 radical (unpaired) electrons. The van der Waals surface area contributed by atoms with Crippen LogP contribution in [0.5, 0.6) is 0 Å². The van der Waals surface area contributed by atoms with Gasteiger partial charge in [0.2, 0.25) is 0 Å². The number of halogens is 1. The van der Waals surface area contributed by atoms with Gasteiger partial charge < -0.3 is 0 Å². The van der Waals surface area contributed by atoms with Crippen molar-refractivity contribution >= 4 is 33.2 Å². The molecular weight excluding hydrogens is 406 g/mol. The van der Waals surface area contributed by atoms with E-state index in [1.165, 1.54) is 24.3 Å². The Labute approximate surface area is 176 Å². The minimum atomic E-state index is -4.09. The van der Waals surface area contributed by atoms with Crippen molar-refractivity contribution in [2.45, 2.75) is 31.1 Å². The first-order chi connectivity index (χ1) is 13.9. The number of nitrogens with zero attached hydrogens (tertiary/aromatic N) is 1. The molecule has 0 aromatic heterocycles. The summed E-state index contributed by atoms with van der Waals surface area (Å²) in [5, 5.41) is 0.472. The van der Waals surface area contributed by atoms with Crippen molar-refractivity contribution in [3.63, 3.8) is 0 Å². The number of anilines is 1. The van der Waals surface area contributed by atoms with Gasteiger partial charge in [0.15, 0.2) is 0 Å². The summed E-state index contributed by atoms with van der Waals surface area (Å²) in [6.07, 6.45) is 3.04. The number of aryl methyl sites for hydroxylation is 1. The van der Waals surface area contributed by atoms with Crippen LogP contribution in [-0.2, 0) is 16.4 Å². The molecule has 0 heterocycles. The van der Waals surface area contributed by atoms with Crippen molar-refractivity contribution in [1.82, 2.24) is 0 Å². The predicted molar refractivity (Wildman–Crippen MR) is 117 cm³/mol. The van der Waals surface area contributed by atoms with E-state index in [0.717, 1.165) is 29.1 Å². The number of carbonyl (C=O) groups excluding carboxylic acids is 1. The average Bonchev–Trinajstić information content (AvgIpc) is 2.74. The highest BCUT2D eigenvalue weighted by molar-refractivity contribution is 7.93. The molecule has 1 amide bonds. The molecule has 0 aliphatic rings. The Morgan fingerprint density at radius 3 is 2.10 bits per heavy atom. The summed E-state index contributed by atoms with van der Waals surface area (Å²) in [5.41, 5.74) is 1.64. The lowest BCUT2D eigenvalue weighted by atomic mass is 10.1. The molecule has 29 heavy (non-hydrogen) atoms. The van der Waals surface area contributed by atoms with Gasteiger partial charge in [-0.15, -0.1) is 0 Å². The fraction of sp³-hybridized carbons (Fsp3) is 0.174. The molecule has 0 bridgehead atoms. The molecule has 0 aliphatic carbocycles. The van der Waals surface area contributed by atoms with Crippen molar-refractivity contribution < 1.29 is 13.2 Å². The highest BCUT2D eigenvalue weighted by atomic mass is 35.5. The fourth-order valence-corrected chi connectivity index (χ4v) is 4.51. The monoisotopic (exact) mass is 427 g/mol. The van der Waals surface area contributed by atoms with Gasteiger partial charge in [-0.25, -0.2) is 8.42 Å². The smallest absolute Gasteiger partial charge is 0.268 e. The fourth-order valence-electron chi connectivity index (χ4n) is 2.95. The molecule has 0 unspecified atom stereocenters. The second-order valence-corrected chi connectivity index (χ2v) is 8.89. The van der Waals surface area contributed by atoms with Crippen LogP contribution >= 0.6 is 11.6 Å².